The molecule has 0 bridgehead atoms. The van der Waals surface area contributed by atoms with E-state index in [2.05, 4.69) is 12.1 Å². The van der Waals surface area contributed by atoms with Crippen LogP contribution in [0.15, 0.2) is 103 Å². The zero-order chi connectivity index (χ0) is 25.4. The molecule has 6 aromatic rings. The molecule has 0 amide bonds. The minimum absolute atomic E-state index is 0.0240. The summed E-state index contributed by atoms with van der Waals surface area (Å²) in [7, 11) is 1.65. The normalized spacial score (nSPS) is 15.9. The average Bonchev–Trinajstić information content (AvgIpc) is 3.27. The van der Waals surface area contributed by atoms with Crippen LogP contribution >= 0.6 is 0 Å². The van der Waals surface area contributed by atoms with Gasteiger partial charge in [0.1, 0.15) is 17.3 Å². The van der Waals surface area contributed by atoms with Gasteiger partial charge in [-0.2, -0.15) is 0 Å². The second-order valence-corrected chi connectivity index (χ2v) is 9.63. The number of benzene rings is 5. The lowest BCUT2D eigenvalue weighted by atomic mass is 9.79. The molecule has 180 valence electrons. The van der Waals surface area contributed by atoms with E-state index in [0.717, 1.165) is 55.3 Å². The summed E-state index contributed by atoms with van der Waals surface area (Å²) in [5.41, 5.74) is 7.04. The molecule has 38 heavy (non-hydrogen) atoms. The summed E-state index contributed by atoms with van der Waals surface area (Å²) in [5, 5.41) is 1.90. The van der Waals surface area contributed by atoms with Crippen LogP contribution in [0.25, 0.3) is 38.6 Å². The van der Waals surface area contributed by atoms with Gasteiger partial charge in [-0.3, -0.25) is 4.79 Å². The lowest BCUT2D eigenvalue weighted by molar-refractivity contribution is 0.103. The number of methoxy groups -OCH3 is 1. The predicted octanol–water partition coefficient (Wildman–Crippen LogP) is 7.08. The van der Waals surface area contributed by atoms with Crippen molar-refractivity contribution >= 4 is 44.4 Å². The number of rotatable bonds is 2. The number of para-hydroxylation sites is 2. The summed E-state index contributed by atoms with van der Waals surface area (Å²) in [6.07, 6.45) is 0. The van der Waals surface area contributed by atoms with Gasteiger partial charge in [0.15, 0.2) is 5.78 Å². The van der Waals surface area contributed by atoms with E-state index >= 15 is 0 Å². The molecular weight excluding hydrogens is 472 g/mol. The Hall–Kier alpha value is -5.03. The van der Waals surface area contributed by atoms with Gasteiger partial charge >= 0.3 is 0 Å². The Balaban J connectivity index is 1.55. The molecule has 0 fully saturated rings. The number of carbonyl (C=O) groups excluding carboxylic acids is 1. The highest BCUT2D eigenvalue weighted by Gasteiger charge is 2.43. The molecule has 1 aromatic heterocycles. The molecule has 0 N–H and O–H groups in total. The molecule has 8 rings (SSSR count). The molecule has 2 aliphatic rings. The number of fused-ring (bicyclic) bond motifs is 9. The highest BCUT2D eigenvalue weighted by atomic mass is 16.5. The van der Waals surface area contributed by atoms with Gasteiger partial charge in [0.2, 0.25) is 0 Å². The molecule has 1 aliphatic carbocycles. The molecule has 0 radical (unpaired) electrons. The molecule has 1 aliphatic heterocycles. The molecular formula is C33H20N2O3. The average molecular weight is 493 g/mol. The fourth-order valence-electron chi connectivity index (χ4n) is 5.94. The smallest absolute Gasteiger partial charge is 0.194 e. The fraction of sp³-hybridized carbons (Fsp3) is 0.0606. The van der Waals surface area contributed by atoms with Gasteiger partial charge in [-0.05, 0) is 29.8 Å². The van der Waals surface area contributed by atoms with Gasteiger partial charge < -0.3 is 9.47 Å². The fourth-order valence-corrected chi connectivity index (χ4v) is 5.94. The summed E-state index contributed by atoms with van der Waals surface area (Å²) < 4.78 is 12.3. The molecule has 5 aromatic carbocycles. The number of hydrogen-bond acceptors (Lipinski definition) is 5. The number of ether oxygens (including phenoxy) is 2. The van der Waals surface area contributed by atoms with E-state index in [4.69, 9.17) is 19.4 Å². The number of allylic oxidation sites excluding steroid dienone is 1. The molecule has 0 saturated heterocycles. The minimum atomic E-state index is -0.411. The second kappa shape index (κ2) is 7.73. The summed E-state index contributed by atoms with van der Waals surface area (Å²) in [4.78, 5) is 24.2. The highest BCUT2D eigenvalue weighted by molar-refractivity contribution is 6.23. The van der Waals surface area contributed by atoms with Crippen LogP contribution in [0.4, 0.5) is 0 Å². The zero-order valence-electron chi connectivity index (χ0n) is 20.4. The Morgan fingerprint density at radius 2 is 1.42 bits per heavy atom. The number of ketones is 1. The van der Waals surface area contributed by atoms with E-state index in [1.54, 1.807) is 7.11 Å². The number of carbonyl (C=O) groups is 1. The molecule has 0 saturated carbocycles. The Labute approximate surface area is 218 Å². The first-order chi connectivity index (χ1) is 18.7. The van der Waals surface area contributed by atoms with Gasteiger partial charge in [0, 0.05) is 33.4 Å². The number of hydrogen-bond donors (Lipinski definition) is 0. The maximum atomic E-state index is 14.0. The third-order valence-electron chi connectivity index (χ3n) is 7.61. The summed E-state index contributed by atoms with van der Waals surface area (Å²) >= 11 is 0. The largest absolute Gasteiger partial charge is 0.497 e. The van der Waals surface area contributed by atoms with E-state index in [1.165, 1.54) is 0 Å². The Bertz CT molecular complexity index is 2030. The van der Waals surface area contributed by atoms with Crippen LogP contribution in [-0.2, 0) is 0 Å². The maximum Gasteiger partial charge on any atom is 0.194 e. The van der Waals surface area contributed by atoms with Crippen molar-refractivity contribution in [3.05, 3.63) is 125 Å². The molecule has 5 heteroatoms. The van der Waals surface area contributed by atoms with Gasteiger partial charge in [0.25, 0.3) is 0 Å². The first-order valence-electron chi connectivity index (χ1n) is 12.5. The van der Waals surface area contributed by atoms with Crippen LogP contribution in [0.5, 0.6) is 11.5 Å². The third-order valence-corrected chi connectivity index (χ3v) is 7.61. The van der Waals surface area contributed by atoms with Crippen LogP contribution in [0.1, 0.15) is 33.0 Å². The molecule has 1 atom stereocenters. The lowest BCUT2D eigenvalue weighted by Crippen LogP contribution is -2.19. The van der Waals surface area contributed by atoms with E-state index in [1.807, 2.05) is 84.9 Å². The van der Waals surface area contributed by atoms with E-state index in [-0.39, 0.29) is 5.78 Å². The summed E-state index contributed by atoms with van der Waals surface area (Å²) in [6, 6.07) is 31.6. The Morgan fingerprint density at radius 1 is 0.737 bits per heavy atom. The van der Waals surface area contributed by atoms with Crippen molar-refractivity contribution in [2.45, 2.75) is 5.92 Å². The Kier molecular flexibility index (Phi) is 4.29. The highest BCUT2D eigenvalue weighted by Crippen LogP contribution is 2.54. The van der Waals surface area contributed by atoms with Crippen LogP contribution in [0.2, 0.25) is 0 Å². The van der Waals surface area contributed by atoms with Crippen LogP contribution in [0, 0.1) is 0 Å². The SMILES string of the molecule is COc1cccc(C2C3=C(Oc4c2c2nc5ccccc5nc2c2ccccc42)c2ccccc2C3=O)c1. The number of nitrogens with zero attached hydrogens (tertiary/aromatic N) is 2. The van der Waals surface area contributed by atoms with Crippen molar-refractivity contribution < 1.29 is 14.3 Å². The summed E-state index contributed by atoms with van der Waals surface area (Å²) in [6.45, 7) is 0. The van der Waals surface area contributed by atoms with Gasteiger partial charge in [0.05, 0.1) is 34.7 Å². The third kappa shape index (κ3) is 2.78. The topological polar surface area (TPSA) is 61.3 Å². The number of aromatic nitrogens is 2. The molecule has 0 spiro atoms. The first kappa shape index (κ1) is 21.1. The van der Waals surface area contributed by atoms with Crippen molar-refractivity contribution in [3.63, 3.8) is 0 Å². The van der Waals surface area contributed by atoms with Crippen LogP contribution < -0.4 is 9.47 Å². The van der Waals surface area contributed by atoms with Crippen LogP contribution in [0.3, 0.4) is 0 Å². The molecule has 2 heterocycles. The first-order valence-corrected chi connectivity index (χ1v) is 12.5. The molecule has 5 nitrogen and oxygen atoms in total. The van der Waals surface area contributed by atoms with Gasteiger partial charge in [-0.1, -0.05) is 72.8 Å². The minimum Gasteiger partial charge on any atom is -0.497 e. The maximum absolute atomic E-state index is 14.0. The monoisotopic (exact) mass is 492 g/mol. The quantitative estimate of drug-likeness (QED) is 0.191. The van der Waals surface area contributed by atoms with Crippen molar-refractivity contribution in [2.75, 3.05) is 7.11 Å². The van der Waals surface area contributed by atoms with Crippen molar-refractivity contribution in [3.8, 4) is 11.5 Å². The van der Waals surface area contributed by atoms with Crippen LogP contribution in [-0.4, -0.2) is 22.9 Å². The van der Waals surface area contributed by atoms with Crippen molar-refractivity contribution in [1.82, 2.24) is 9.97 Å². The standard InChI is InChI=1S/C33H20N2O3/c1-37-19-10-8-9-18(17-19)26-27-30-29(34-24-15-6-7-16-25(24)35-30)20-11-2-4-13-22(20)32(27)38-33-23-14-5-3-12-21(23)31(36)28(26)33/h2-17,26H,1H3. The van der Waals surface area contributed by atoms with E-state index in [0.29, 0.717) is 22.6 Å². The predicted molar refractivity (Wildman–Crippen MR) is 148 cm³/mol. The molecule has 1 unspecified atom stereocenters. The summed E-state index contributed by atoms with van der Waals surface area (Å²) in [5.74, 6) is 1.62. The lowest BCUT2D eigenvalue weighted by Gasteiger charge is -2.30. The second-order valence-electron chi connectivity index (χ2n) is 9.63. The van der Waals surface area contributed by atoms with Gasteiger partial charge in [-0.25, -0.2) is 9.97 Å². The van der Waals surface area contributed by atoms with Gasteiger partial charge in [-0.15, -0.1) is 0 Å². The number of Topliss-reactive ketones (excluding diaryl/α,β-unsaturated/α-hetero) is 1. The zero-order valence-corrected chi connectivity index (χ0v) is 20.4. The Morgan fingerprint density at radius 3 is 2.21 bits per heavy atom. The van der Waals surface area contributed by atoms with E-state index < -0.39 is 5.92 Å². The van der Waals surface area contributed by atoms with E-state index in [9.17, 15) is 4.79 Å². The van der Waals surface area contributed by atoms with Crippen molar-refractivity contribution in [1.29, 1.82) is 0 Å². The van der Waals surface area contributed by atoms with Crippen molar-refractivity contribution in [2.24, 2.45) is 0 Å².